The molecule has 4 heteroatoms. The number of rotatable bonds is 5. The average Bonchev–Trinajstić information content (AvgIpc) is 3.30. The van der Waals surface area contributed by atoms with Gasteiger partial charge in [0, 0.05) is 5.41 Å². The number of fused-ring (bicyclic) bond motifs is 5. The summed E-state index contributed by atoms with van der Waals surface area (Å²) in [6.07, 6.45) is 5.72. The van der Waals surface area contributed by atoms with Crippen molar-refractivity contribution in [2.24, 2.45) is 16.7 Å². The standard InChI is InChI=1S/C27H35BO2Si/c1-25(2)23-17-18-26(25,3)27(21-13-8-6-9-14-21)24(23)29-28(30-27)19-12-20-31(4,5)22-15-10-7-11-16-22/h6-16,20,23-24H,17-19H2,1-5H3/b20-12-/t23-,24-,26-,27-/m1/s1. The van der Waals surface area contributed by atoms with Crippen LogP contribution >= 0.6 is 0 Å². The second-order valence-corrected chi connectivity index (χ2v) is 15.5. The topological polar surface area (TPSA) is 18.5 Å². The molecule has 0 radical (unpaired) electrons. The monoisotopic (exact) mass is 430 g/mol. The van der Waals surface area contributed by atoms with Gasteiger partial charge in [-0.05, 0) is 36.1 Å². The van der Waals surface area contributed by atoms with E-state index in [2.05, 4.69) is 106 Å². The highest BCUT2D eigenvalue weighted by Gasteiger charge is 2.78. The van der Waals surface area contributed by atoms with Gasteiger partial charge < -0.3 is 9.31 Å². The fourth-order valence-electron chi connectivity index (χ4n) is 6.89. The van der Waals surface area contributed by atoms with Gasteiger partial charge in [-0.2, -0.15) is 0 Å². The molecule has 2 saturated carbocycles. The van der Waals surface area contributed by atoms with Gasteiger partial charge in [-0.1, -0.05) is 111 Å². The first-order valence-corrected chi connectivity index (χ1v) is 14.9. The van der Waals surface area contributed by atoms with E-state index in [-0.39, 0.29) is 29.7 Å². The molecule has 31 heavy (non-hydrogen) atoms. The van der Waals surface area contributed by atoms with Gasteiger partial charge in [0.1, 0.15) is 13.7 Å². The Morgan fingerprint density at radius 2 is 1.65 bits per heavy atom. The molecule has 1 saturated heterocycles. The van der Waals surface area contributed by atoms with Crippen LogP contribution < -0.4 is 5.19 Å². The van der Waals surface area contributed by atoms with Crippen LogP contribution in [-0.2, 0) is 14.9 Å². The van der Waals surface area contributed by atoms with E-state index in [1.165, 1.54) is 23.6 Å². The SMILES string of the molecule is CC1(C)[C@@H]2CC[C@@]1(C)[C@]1(c3ccccc3)OB(C/C=C\[Si](C)(C)c3ccccc3)O[C@H]21. The minimum atomic E-state index is -1.61. The molecular weight excluding hydrogens is 395 g/mol. The first-order valence-electron chi connectivity index (χ1n) is 11.8. The lowest BCUT2D eigenvalue weighted by molar-refractivity contribution is -0.0804. The Hall–Kier alpha value is -1.62. The summed E-state index contributed by atoms with van der Waals surface area (Å²) in [7, 11) is -1.77. The summed E-state index contributed by atoms with van der Waals surface area (Å²) < 4.78 is 13.7. The van der Waals surface area contributed by atoms with E-state index in [9.17, 15) is 0 Å². The van der Waals surface area contributed by atoms with Crippen LogP contribution in [-0.4, -0.2) is 21.3 Å². The largest absolute Gasteiger partial charge is 0.461 e. The van der Waals surface area contributed by atoms with E-state index in [0.717, 1.165) is 6.32 Å². The number of hydrogen-bond donors (Lipinski definition) is 0. The molecule has 3 aliphatic rings. The van der Waals surface area contributed by atoms with E-state index >= 15 is 0 Å². The maximum Gasteiger partial charge on any atom is 0.461 e. The molecule has 2 aromatic rings. The molecule has 0 amide bonds. The summed E-state index contributed by atoms with van der Waals surface area (Å²) >= 11 is 0. The van der Waals surface area contributed by atoms with Crippen molar-refractivity contribution >= 4 is 20.4 Å². The van der Waals surface area contributed by atoms with Crippen molar-refractivity contribution < 1.29 is 9.31 Å². The van der Waals surface area contributed by atoms with Gasteiger partial charge in [-0.15, -0.1) is 0 Å². The zero-order valence-corrected chi connectivity index (χ0v) is 20.6. The Morgan fingerprint density at radius 3 is 2.32 bits per heavy atom. The molecule has 1 heterocycles. The molecule has 2 bridgehead atoms. The Bertz CT molecular complexity index is 973. The second kappa shape index (κ2) is 7.20. The smallest absolute Gasteiger partial charge is 0.404 e. The third kappa shape index (κ3) is 2.91. The molecule has 162 valence electrons. The zero-order chi connectivity index (χ0) is 21.9. The van der Waals surface area contributed by atoms with Crippen molar-refractivity contribution in [1.29, 1.82) is 0 Å². The van der Waals surface area contributed by atoms with Crippen LogP contribution in [0.3, 0.4) is 0 Å². The van der Waals surface area contributed by atoms with Gasteiger partial charge in [0.15, 0.2) is 0 Å². The van der Waals surface area contributed by atoms with Gasteiger partial charge >= 0.3 is 7.12 Å². The van der Waals surface area contributed by atoms with Crippen LogP contribution in [0, 0.1) is 16.7 Å². The maximum atomic E-state index is 6.99. The van der Waals surface area contributed by atoms with Crippen molar-refractivity contribution in [3.63, 3.8) is 0 Å². The van der Waals surface area contributed by atoms with E-state index in [0.29, 0.717) is 5.92 Å². The number of benzene rings is 2. The predicted molar refractivity (Wildman–Crippen MR) is 132 cm³/mol. The van der Waals surface area contributed by atoms with Crippen molar-refractivity contribution in [2.45, 2.75) is 64.7 Å². The van der Waals surface area contributed by atoms with Crippen molar-refractivity contribution in [3.8, 4) is 0 Å². The molecule has 2 aromatic carbocycles. The molecule has 4 atom stereocenters. The highest BCUT2D eigenvalue weighted by molar-refractivity contribution is 6.94. The van der Waals surface area contributed by atoms with Crippen LogP contribution in [0.5, 0.6) is 0 Å². The normalized spacial score (nSPS) is 33.9. The molecule has 0 N–H and O–H groups in total. The minimum Gasteiger partial charge on any atom is -0.404 e. The summed E-state index contributed by atoms with van der Waals surface area (Å²) in [5.74, 6) is 0.543. The van der Waals surface area contributed by atoms with Crippen molar-refractivity contribution in [1.82, 2.24) is 0 Å². The van der Waals surface area contributed by atoms with E-state index in [4.69, 9.17) is 9.31 Å². The van der Waals surface area contributed by atoms with Crippen LogP contribution in [0.15, 0.2) is 72.4 Å². The molecule has 0 aromatic heterocycles. The van der Waals surface area contributed by atoms with Gasteiger partial charge in [-0.25, -0.2) is 0 Å². The van der Waals surface area contributed by atoms with Crippen LogP contribution in [0.1, 0.15) is 39.2 Å². The fraction of sp³-hybridized carbons (Fsp3) is 0.481. The maximum absolute atomic E-state index is 6.99. The Kier molecular flexibility index (Phi) is 4.93. The first kappa shape index (κ1) is 21.2. The Labute approximate surface area is 189 Å². The summed E-state index contributed by atoms with van der Waals surface area (Å²) in [5.41, 5.74) is 3.68. The third-order valence-corrected chi connectivity index (χ3v) is 12.0. The zero-order valence-electron chi connectivity index (χ0n) is 19.6. The molecule has 2 aliphatic carbocycles. The van der Waals surface area contributed by atoms with Gasteiger partial charge in [-0.3, -0.25) is 0 Å². The molecule has 0 spiro atoms. The summed E-state index contributed by atoms with van der Waals surface area (Å²) in [6, 6.07) is 21.8. The van der Waals surface area contributed by atoms with E-state index in [1.807, 2.05) is 0 Å². The lowest BCUT2D eigenvalue weighted by atomic mass is 9.61. The molecule has 5 rings (SSSR count). The van der Waals surface area contributed by atoms with Crippen LogP contribution in [0.25, 0.3) is 0 Å². The molecule has 2 nitrogen and oxygen atoms in total. The van der Waals surface area contributed by atoms with Crippen LogP contribution in [0.4, 0.5) is 0 Å². The number of hydrogen-bond acceptors (Lipinski definition) is 2. The third-order valence-electron chi connectivity index (χ3n) is 9.09. The predicted octanol–water partition coefficient (Wildman–Crippen LogP) is 5.95. The van der Waals surface area contributed by atoms with E-state index < -0.39 is 8.07 Å². The Morgan fingerprint density at radius 1 is 1.00 bits per heavy atom. The van der Waals surface area contributed by atoms with Crippen molar-refractivity contribution in [2.75, 3.05) is 0 Å². The average molecular weight is 430 g/mol. The lowest BCUT2D eigenvalue weighted by Gasteiger charge is -2.48. The lowest BCUT2D eigenvalue weighted by Crippen LogP contribution is -2.50. The van der Waals surface area contributed by atoms with Crippen LogP contribution in [0.2, 0.25) is 19.4 Å². The minimum absolute atomic E-state index is 0.0766. The fourth-order valence-corrected chi connectivity index (χ4v) is 8.86. The highest BCUT2D eigenvalue weighted by Crippen LogP contribution is 2.76. The second-order valence-electron chi connectivity index (χ2n) is 11.1. The Balaban J connectivity index is 1.42. The summed E-state index contributed by atoms with van der Waals surface area (Å²) in [5, 5.41) is 1.46. The number of allylic oxidation sites excluding steroid dienone is 1. The molecular formula is C27H35BO2Si. The summed E-state index contributed by atoms with van der Waals surface area (Å²) in [4.78, 5) is 0. The summed E-state index contributed by atoms with van der Waals surface area (Å²) in [6.45, 7) is 12.1. The van der Waals surface area contributed by atoms with Crippen molar-refractivity contribution in [3.05, 3.63) is 78.0 Å². The van der Waals surface area contributed by atoms with Gasteiger partial charge in [0.05, 0.1) is 6.10 Å². The first-order chi connectivity index (χ1) is 14.7. The van der Waals surface area contributed by atoms with Gasteiger partial charge in [0.2, 0.25) is 0 Å². The quantitative estimate of drug-likeness (QED) is 0.546. The van der Waals surface area contributed by atoms with E-state index in [1.54, 1.807) is 0 Å². The molecule has 1 aliphatic heterocycles. The highest BCUT2D eigenvalue weighted by atomic mass is 28.3. The van der Waals surface area contributed by atoms with Gasteiger partial charge in [0.25, 0.3) is 0 Å². The molecule has 3 fully saturated rings. The molecule has 0 unspecified atom stereocenters.